The lowest BCUT2D eigenvalue weighted by Crippen LogP contribution is -2.12. The molecule has 0 aliphatic carbocycles. The molecule has 6 aromatic rings. The molecule has 0 aliphatic rings. The molecule has 0 spiro atoms. The summed E-state index contributed by atoms with van der Waals surface area (Å²) >= 11 is 0. The van der Waals surface area contributed by atoms with E-state index in [1.807, 2.05) is 12.1 Å². The van der Waals surface area contributed by atoms with E-state index in [0.29, 0.717) is 5.56 Å². The van der Waals surface area contributed by atoms with Crippen molar-refractivity contribution in [3.63, 3.8) is 0 Å². The first-order chi connectivity index (χ1) is 16.3. The number of H-pyrrole nitrogens is 2. The van der Waals surface area contributed by atoms with Gasteiger partial charge in [0.05, 0.1) is 22.0 Å². The summed E-state index contributed by atoms with van der Waals surface area (Å²) in [7, 11) is 0. The zero-order chi connectivity index (χ0) is 23.9. The molecular weight excluding hydrogens is 444 g/mol. The van der Waals surface area contributed by atoms with Gasteiger partial charge in [-0.05, 0) is 18.2 Å². The van der Waals surface area contributed by atoms with Crippen LogP contribution in [-0.4, -0.2) is 52.6 Å². The zero-order valence-corrected chi connectivity index (χ0v) is 16.9. The van der Waals surface area contributed by atoms with Crippen molar-refractivity contribution in [2.45, 2.75) is 0 Å². The summed E-state index contributed by atoms with van der Waals surface area (Å²) in [6, 6.07) is 9.35. The number of nitrogens with one attached hydrogen (secondary N) is 2. The van der Waals surface area contributed by atoms with E-state index in [-0.39, 0.29) is 38.8 Å². The SMILES string of the molecule is O=C(O)c1cc2c(=O)c3nc(-c4c[nH]c5ccccc45)n4c(C(=O)O)cc(C(=O)O)c(c2[nH]1)c34. The number of carboxylic acids is 3. The Morgan fingerprint density at radius 3 is 2.41 bits per heavy atom. The van der Waals surface area contributed by atoms with Gasteiger partial charge in [-0.15, -0.1) is 0 Å². The molecule has 0 atom stereocenters. The van der Waals surface area contributed by atoms with E-state index < -0.39 is 34.6 Å². The number of imidazole rings is 1. The molecule has 11 heteroatoms. The van der Waals surface area contributed by atoms with E-state index in [2.05, 4.69) is 15.0 Å². The fourth-order valence-corrected chi connectivity index (χ4v) is 4.53. The standard InChI is InChI=1S/C23H12N4O7/c28-19-10-5-13(22(31)32)25-16(10)15-9(21(29)30)6-14(23(33)34)27-18(15)17(19)26-20(27)11-7-24-12-4-2-1-3-8(11)12/h1-7,24-25H,(H,29,30)(H,31,32)(H,33,34). The Hall–Kier alpha value is -5.19. The number of fused-ring (bicyclic) bond motifs is 3. The smallest absolute Gasteiger partial charge is 0.352 e. The largest absolute Gasteiger partial charge is 0.478 e. The summed E-state index contributed by atoms with van der Waals surface area (Å²) in [5.41, 5.74) is -0.685. The van der Waals surface area contributed by atoms with Crippen LogP contribution in [0.25, 0.3) is 49.6 Å². The lowest BCUT2D eigenvalue weighted by atomic mass is 10.0. The number of pyridine rings is 1. The first-order valence-electron chi connectivity index (χ1n) is 9.91. The van der Waals surface area contributed by atoms with Crippen molar-refractivity contribution in [3.05, 3.63) is 69.8 Å². The van der Waals surface area contributed by atoms with Gasteiger partial charge in [-0.25, -0.2) is 19.4 Å². The number of benzene rings is 2. The van der Waals surface area contributed by atoms with Crippen LogP contribution in [0.15, 0.2) is 47.4 Å². The van der Waals surface area contributed by atoms with Crippen molar-refractivity contribution < 1.29 is 29.7 Å². The molecule has 0 fully saturated rings. The number of nitrogens with zero attached hydrogens (tertiary/aromatic N) is 2. The Labute approximate surface area is 186 Å². The molecule has 4 heterocycles. The number of aromatic carboxylic acids is 3. The van der Waals surface area contributed by atoms with Gasteiger partial charge in [0.2, 0.25) is 5.43 Å². The second-order valence-electron chi connectivity index (χ2n) is 7.75. The average Bonchev–Trinajstić information content (AvgIpc) is 3.52. The number of hydrogen-bond acceptors (Lipinski definition) is 5. The number of aromatic amines is 2. The molecular formula is C23H12N4O7. The summed E-state index contributed by atoms with van der Waals surface area (Å²) in [4.78, 5) is 59.3. The Morgan fingerprint density at radius 2 is 1.71 bits per heavy atom. The van der Waals surface area contributed by atoms with E-state index in [9.17, 15) is 34.5 Å². The van der Waals surface area contributed by atoms with E-state index >= 15 is 0 Å². The maximum Gasteiger partial charge on any atom is 0.352 e. The fraction of sp³-hybridized carbons (Fsp3) is 0. The van der Waals surface area contributed by atoms with Crippen LogP contribution in [0.5, 0.6) is 0 Å². The lowest BCUT2D eigenvalue weighted by molar-refractivity contribution is 0.0677. The van der Waals surface area contributed by atoms with E-state index in [4.69, 9.17) is 0 Å². The third kappa shape index (κ3) is 2.37. The second kappa shape index (κ2) is 6.42. The summed E-state index contributed by atoms with van der Waals surface area (Å²) in [5.74, 6) is -4.06. The van der Waals surface area contributed by atoms with Crippen LogP contribution in [0.4, 0.5) is 0 Å². The van der Waals surface area contributed by atoms with Crippen LogP contribution >= 0.6 is 0 Å². The molecule has 0 bridgehead atoms. The van der Waals surface area contributed by atoms with Gasteiger partial charge in [-0.2, -0.15) is 0 Å². The molecule has 0 amide bonds. The molecule has 0 aliphatic heterocycles. The quantitative estimate of drug-likeness (QED) is 0.269. The summed E-state index contributed by atoms with van der Waals surface area (Å²) in [6.45, 7) is 0. The van der Waals surface area contributed by atoms with Crippen LogP contribution < -0.4 is 5.43 Å². The first-order valence-corrected chi connectivity index (χ1v) is 9.91. The Kier molecular flexibility index (Phi) is 3.68. The van der Waals surface area contributed by atoms with E-state index in [1.165, 1.54) is 4.40 Å². The van der Waals surface area contributed by atoms with Gasteiger partial charge < -0.3 is 25.3 Å². The molecule has 166 valence electrons. The normalized spacial score (nSPS) is 11.8. The maximum atomic E-state index is 13.3. The van der Waals surface area contributed by atoms with Gasteiger partial charge in [0.1, 0.15) is 22.7 Å². The van der Waals surface area contributed by atoms with Crippen molar-refractivity contribution in [1.82, 2.24) is 19.4 Å². The van der Waals surface area contributed by atoms with Gasteiger partial charge in [-0.1, -0.05) is 18.2 Å². The molecule has 0 unspecified atom stereocenters. The summed E-state index contributed by atoms with van der Waals surface area (Å²) < 4.78 is 1.23. The minimum atomic E-state index is -1.44. The van der Waals surface area contributed by atoms with Crippen LogP contribution in [0, 0.1) is 0 Å². The molecule has 11 nitrogen and oxygen atoms in total. The molecule has 5 N–H and O–H groups in total. The minimum absolute atomic E-state index is 0.00630. The van der Waals surface area contributed by atoms with Crippen molar-refractivity contribution in [2.24, 2.45) is 0 Å². The van der Waals surface area contributed by atoms with Gasteiger partial charge in [0.25, 0.3) is 0 Å². The molecule has 2 aromatic carbocycles. The molecule has 0 radical (unpaired) electrons. The minimum Gasteiger partial charge on any atom is -0.478 e. The average molecular weight is 456 g/mol. The van der Waals surface area contributed by atoms with Crippen molar-refractivity contribution in [3.8, 4) is 11.4 Å². The van der Waals surface area contributed by atoms with Crippen LogP contribution in [0.2, 0.25) is 0 Å². The zero-order valence-electron chi connectivity index (χ0n) is 16.9. The number of carboxylic acid groups (broad SMARTS) is 3. The molecule has 4 aromatic heterocycles. The molecule has 0 saturated heterocycles. The monoisotopic (exact) mass is 456 g/mol. The number of carbonyl (C=O) groups is 3. The highest BCUT2D eigenvalue weighted by atomic mass is 16.4. The lowest BCUT2D eigenvalue weighted by Gasteiger charge is -2.10. The Balaban J connectivity index is 1.91. The highest BCUT2D eigenvalue weighted by Crippen LogP contribution is 2.36. The Bertz CT molecular complexity index is 1930. The Morgan fingerprint density at radius 1 is 0.941 bits per heavy atom. The highest BCUT2D eigenvalue weighted by Gasteiger charge is 2.29. The predicted molar refractivity (Wildman–Crippen MR) is 120 cm³/mol. The van der Waals surface area contributed by atoms with Crippen LogP contribution in [0.3, 0.4) is 0 Å². The summed E-state index contributed by atoms with van der Waals surface area (Å²) in [6.07, 6.45) is 1.63. The number of hydrogen-bond donors (Lipinski definition) is 5. The van der Waals surface area contributed by atoms with Crippen molar-refractivity contribution in [2.75, 3.05) is 0 Å². The number of rotatable bonds is 4. The first kappa shape index (κ1) is 19.5. The predicted octanol–water partition coefficient (Wildman–Crippen LogP) is 3.01. The molecule has 0 saturated carbocycles. The fourth-order valence-electron chi connectivity index (χ4n) is 4.53. The molecule has 34 heavy (non-hydrogen) atoms. The highest BCUT2D eigenvalue weighted by molar-refractivity contribution is 6.21. The van der Waals surface area contributed by atoms with Crippen LogP contribution in [-0.2, 0) is 0 Å². The summed E-state index contributed by atoms with van der Waals surface area (Å²) in [5, 5.41) is 29.9. The third-order valence-electron chi connectivity index (χ3n) is 5.94. The van der Waals surface area contributed by atoms with E-state index in [0.717, 1.165) is 23.0 Å². The second-order valence-corrected chi connectivity index (χ2v) is 7.75. The third-order valence-corrected chi connectivity index (χ3v) is 5.94. The van der Waals surface area contributed by atoms with E-state index in [1.54, 1.807) is 18.3 Å². The topological polar surface area (TPSA) is 178 Å². The van der Waals surface area contributed by atoms with Crippen LogP contribution in [0.1, 0.15) is 31.3 Å². The maximum absolute atomic E-state index is 13.3. The van der Waals surface area contributed by atoms with Gasteiger partial charge in [-0.3, -0.25) is 9.20 Å². The van der Waals surface area contributed by atoms with Crippen molar-refractivity contribution >= 4 is 56.1 Å². The number of para-hydroxylation sites is 1. The molecule has 6 rings (SSSR count). The van der Waals surface area contributed by atoms with Gasteiger partial charge in [0, 0.05) is 28.0 Å². The number of aromatic nitrogens is 4. The van der Waals surface area contributed by atoms with Gasteiger partial charge in [0.15, 0.2) is 0 Å². The van der Waals surface area contributed by atoms with Gasteiger partial charge >= 0.3 is 17.9 Å². The van der Waals surface area contributed by atoms with Crippen molar-refractivity contribution in [1.29, 1.82) is 0 Å².